The standard InChI is InChI=1S/C19H13FN4O2S/c20-13-6-7-15-14(8-13)18(26)24(11-21-15)9-17(25)23-19-22-16(10-27-19)12-4-2-1-3-5-12/h1-8,10-11H,9H2,(H,22,23,25). The van der Waals surface area contributed by atoms with Crippen molar-refractivity contribution in [3.63, 3.8) is 0 Å². The number of anilines is 1. The SMILES string of the molecule is O=C(Cn1cnc2ccc(F)cc2c1=O)Nc1nc(-c2ccccc2)cs1. The van der Waals surface area contributed by atoms with Crippen molar-refractivity contribution in [1.82, 2.24) is 14.5 Å². The fourth-order valence-corrected chi connectivity index (χ4v) is 3.37. The first kappa shape index (κ1) is 17.0. The number of benzene rings is 2. The number of rotatable bonds is 4. The first-order valence-electron chi connectivity index (χ1n) is 8.06. The van der Waals surface area contributed by atoms with E-state index in [0.717, 1.165) is 21.9 Å². The van der Waals surface area contributed by atoms with E-state index in [1.54, 1.807) is 0 Å². The number of nitrogens with zero attached hydrogens (tertiary/aromatic N) is 3. The molecule has 4 rings (SSSR count). The monoisotopic (exact) mass is 380 g/mol. The lowest BCUT2D eigenvalue weighted by molar-refractivity contribution is -0.116. The van der Waals surface area contributed by atoms with Gasteiger partial charge in [0.15, 0.2) is 5.13 Å². The summed E-state index contributed by atoms with van der Waals surface area (Å²) in [7, 11) is 0. The highest BCUT2D eigenvalue weighted by molar-refractivity contribution is 7.14. The van der Waals surface area contributed by atoms with Crippen molar-refractivity contribution in [2.45, 2.75) is 6.54 Å². The molecular formula is C19H13FN4O2S. The molecule has 0 fully saturated rings. The summed E-state index contributed by atoms with van der Waals surface area (Å²) in [4.78, 5) is 33.2. The summed E-state index contributed by atoms with van der Waals surface area (Å²) in [5, 5.41) is 5.09. The summed E-state index contributed by atoms with van der Waals surface area (Å²) >= 11 is 1.30. The third kappa shape index (κ3) is 3.61. The van der Waals surface area contributed by atoms with Crippen LogP contribution in [0.25, 0.3) is 22.2 Å². The van der Waals surface area contributed by atoms with Crippen molar-refractivity contribution in [2.24, 2.45) is 0 Å². The molecule has 0 aliphatic carbocycles. The van der Waals surface area contributed by atoms with Crippen LogP contribution in [0.5, 0.6) is 0 Å². The maximum atomic E-state index is 13.4. The van der Waals surface area contributed by atoms with Crippen molar-refractivity contribution in [3.8, 4) is 11.3 Å². The zero-order chi connectivity index (χ0) is 18.8. The van der Waals surface area contributed by atoms with Gasteiger partial charge >= 0.3 is 0 Å². The van der Waals surface area contributed by atoms with Gasteiger partial charge in [-0.05, 0) is 18.2 Å². The molecule has 134 valence electrons. The van der Waals surface area contributed by atoms with Crippen molar-refractivity contribution in [2.75, 3.05) is 5.32 Å². The second-order valence-corrected chi connectivity index (χ2v) is 6.65. The van der Waals surface area contributed by atoms with E-state index in [1.807, 2.05) is 35.7 Å². The first-order valence-corrected chi connectivity index (χ1v) is 8.93. The molecule has 0 aliphatic rings. The van der Waals surface area contributed by atoms with Gasteiger partial charge in [-0.1, -0.05) is 30.3 Å². The van der Waals surface area contributed by atoms with Gasteiger partial charge < -0.3 is 5.32 Å². The fraction of sp³-hybridized carbons (Fsp3) is 0.0526. The van der Waals surface area contributed by atoms with Gasteiger partial charge in [0.2, 0.25) is 5.91 Å². The lowest BCUT2D eigenvalue weighted by Gasteiger charge is -2.06. The number of hydrogen-bond donors (Lipinski definition) is 1. The summed E-state index contributed by atoms with van der Waals surface area (Å²) in [5.74, 6) is -0.941. The Balaban J connectivity index is 1.52. The van der Waals surface area contributed by atoms with E-state index in [9.17, 15) is 14.0 Å². The fourth-order valence-electron chi connectivity index (χ4n) is 2.63. The molecule has 0 saturated carbocycles. The molecule has 0 atom stereocenters. The summed E-state index contributed by atoms with van der Waals surface area (Å²) in [6, 6.07) is 13.4. The van der Waals surface area contributed by atoms with Gasteiger partial charge in [-0.3, -0.25) is 14.2 Å². The number of fused-ring (bicyclic) bond motifs is 1. The molecule has 6 nitrogen and oxygen atoms in total. The maximum absolute atomic E-state index is 13.4. The average Bonchev–Trinajstić information content (AvgIpc) is 3.13. The Morgan fingerprint density at radius 1 is 1.19 bits per heavy atom. The van der Waals surface area contributed by atoms with E-state index in [0.29, 0.717) is 10.6 Å². The van der Waals surface area contributed by atoms with Gasteiger partial charge in [0, 0.05) is 10.9 Å². The van der Waals surface area contributed by atoms with Gasteiger partial charge in [0.05, 0.1) is 22.9 Å². The third-order valence-corrected chi connectivity index (χ3v) is 4.68. The number of amides is 1. The van der Waals surface area contributed by atoms with Crippen LogP contribution in [0, 0.1) is 5.82 Å². The molecule has 2 aromatic carbocycles. The van der Waals surface area contributed by atoms with Crippen LogP contribution in [0.3, 0.4) is 0 Å². The Morgan fingerprint density at radius 3 is 2.81 bits per heavy atom. The van der Waals surface area contributed by atoms with Gasteiger partial charge in [-0.25, -0.2) is 14.4 Å². The Bertz CT molecular complexity index is 1190. The topological polar surface area (TPSA) is 76.9 Å². The van der Waals surface area contributed by atoms with Crippen LogP contribution in [0.1, 0.15) is 0 Å². The van der Waals surface area contributed by atoms with Crippen LogP contribution < -0.4 is 10.9 Å². The lowest BCUT2D eigenvalue weighted by Crippen LogP contribution is -2.27. The van der Waals surface area contributed by atoms with Crippen LogP contribution in [-0.2, 0) is 11.3 Å². The van der Waals surface area contributed by atoms with E-state index in [1.165, 1.54) is 29.8 Å². The van der Waals surface area contributed by atoms with Crippen LogP contribution in [0.2, 0.25) is 0 Å². The minimum atomic E-state index is -0.528. The molecule has 0 spiro atoms. The van der Waals surface area contributed by atoms with Crippen molar-refractivity contribution in [3.05, 3.63) is 76.4 Å². The minimum Gasteiger partial charge on any atom is -0.300 e. The lowest BCUT2D eigenvalue weighted by atomic mass is 10.2. The molecule has 1 amide bonds. The van der Waals surface area contributed by atoms with E-state index < -0.39 is 17.3 Å². The molecule has 2 aromatic heterocycles. The molecule has 8 heteroatoms. The van der Waals surface area contributed by atoms with Gasteiger partial charge in [-0.15, -0.1) is 11.3 Å². The smallest absolute Gasteiger partial charge is 0.261 e. The average molecular weight is 380 g/mol. The Hall–Kier alpha value is -3.39. The van der Waals surface area contributed by atoms with Crippen molar-refractivity contribution < 1.29 is 9.18 Å². The summed E-state index contributed by atoms with van der Waals surface area (Å²) in [6.07, 6.45) is 1.28. The molecule has 0 aliphatic heterocycles. The van der Waals surface area contributed by atoms with Crippen LogP contribution in [0.4, 0.5) is 9.52 Å². The molecule has 0 unspecified atom stereocenters. The molecule has 1 N–H and O–H groups in total. The second kappa shape index (κ2) is 7.08. The molecular weight excluding hydrogens is 367 g/mol. The normalized spacial score (nSPS) is 10.9. The number of aromatic nitrogens is 3. The molecule has 0 bridgehead atoms. The number of carbonyl (C=O) groups excluding carboxylic acids is 1. The number of hydrogen-bond acceptors (Lipinski definition) is 5. The van der Waals surface area contributed by atoms with E-state index >= 15 is 0 Å². The van der Waals surface area contributed by atoms with E-state index in [4.69, 9.17) is 0 Å². The number of thiazole rings is 1. The largest absolute Gasteiger partial charge is 0.300 e. The van der Waals surface area contributed by atoms with Crippen LogP contribution in [0.15, 0.2) is 65.0 Å². The first-order chi connectivity index (χ1) is 13.1. The number of carbonyl (C=O) groups is 1. The molecule has 27 heavy (non-hydrogen) atoms. The molecule has 0 radical (unpaired) electrons. The van der Waals surface area contributed by atoms with Gasteiger partial charge in [0.1, 0.15) is 12.4 Å². The highest BCUT2D eigenvalue weighted by atomic mass is 32.1. The highest BCUT2D eigenvalue weighted by Crippen LogP contribution is 2.24. The Kier molecular flexibility index (Phi) is 4.47. The van der Waals surface area contributed by atoms with Gasteiger partial charge in [-0.2, -0.15) is 0 Å². The summed E-state index contributed by atoms with van der Waals surface area (Å²) in [6.45, 7) is -0.238. The molecule has 4 aromatic rings. The minimum absolute atomic E-state index is 0.130. The van der Waals surface area contributed by atoms with Crippen LogP contribution in [-0.4, -0.2) is 20.4 Å². The molecule has 0 saturated heterocycles. The van der Waals surface area contributed by atoms with Crippen molar-refractivity contribution in [1.29, 1.82) is 0 Å². The zero-order valence-electron chi connectivity index (χ0n) is 13.9. The zero-order valence-corrected chi connectivity index (χ0v) is 14.7. The van der Waals surface area contributed by atoms with E-state index in [-0.39, 0.29) is 11.9 Å². The Labute approximate surface area is 157 Å². The maximum Gasteiger partial charge on any atom is 0.261 e. The van der Waals surface area contributed by atoms with E-state index in [2.05, 4.69) is 15.3 Å². The quantitative estimate of drug-likeness (QED) is 0.589. The second-order valence-electron chi connectivity index (χ2n) is 5.79. The summed E-state index contributed by atoms with van der Waals surface area (Å²) < 4.78 is 14.5. The Morgan fingerprint density at radius 2 is 2.00 bits per heavy atom. The summed E-state index contributed by atoms with van der Waals surface area (Å²) in [5.41, 5.74) is 1.62. The predicted molar refractivity (Wildman–Crippen MR) is 102 cm³/mol. The van der Waals surface area contributed by atoms with Crippen LogP contribution >= 0.6 is 11.3 Å². The number of halogens is 1. The highest BCUT2D eigenvalue weighted by Gasteiger charge is 2.11. The predicted octanol–water partition coefficient (Wildman–Crippen LogP) is 3.30. The number of nitrogens with one attached hydrogen (secondary N) is 1. The van der Waals surface area contributed by atoms with Crippen molar-refractivity contribution >= 4 is 33.3 Å². The van der Waals surface area contributed by atoms with Gasteiger partial charge in [0.25, 0.3) is 5.56 Å². The third-order valence-electron chi connectivity index (χ3n) is 3.92. The molecule has 2 heterocycles.